The van der Waals surface area contributed by atoms with Crippen LogP contribution in [0, 0.1) is 5.82 Å². The molecule has 144 valence electrons. The number of anilines is 1. The third-order valence-corrected chi connectivity index (χ3v) is 6.44. The van der Waals surface area contributed by atoms with E-state index in [4.69, 9.17) is 0 Å². The Morgan fingerprint density at radius 1 is 1.11 bits per heavy atom. The molecule has 5 nitrogen and oxygen atoms in total. The molecule has 1 aliphatic rings. The van der Waals surface area contributed by atoms with Gasteiger partial charge in [0, 0.05) is 17.8 Å². The summed E-state index contributed by atoms with van der Waals surface area (Å²) in [7, 11) is -3.34. The molecular weight excluding hydrogens is 367 g/mol. The Morgan fingerprint density at radius 3 is 2.33 bits per heavy atom. The lowest BCUT2D eigenvalue weighted by Crippen LogP contribution is -2.49. The average molecular weight is 390 g/mol. The molecule has 2 N–H and O–H groups in total. The molecule has 3 rings (SSSR count). The van der Waals surface area contributed by atoms with Crippen molar-refractivity contribution >= 4 is 21.6 Å². The molecule has 2 aromatic carbocycles. The van der Waals surface area contributed by atoms with Crippen molar-refractivity contribution in [3.8, 4) is 0 Å². The van der Waals surface area contributed by atoms with E-state index in [-0.39, 0.29) is 24.0 Å². The second-order valence-corrected chi connectivity index (χ2v) is 8.80. The normalized spacial score (nSPS) is 15.6. The van der Waals surface area contributed by atoms with Gasteiger partial charge in [0.15, 0.2) is 0 Å². The van der Waals surface area contributed by atoms with E-state index in [9.17, 15) is 17.6 Å². The molecule has 7 heteroatoms. The molecule has 1 fully saturated rings. The predicted octanol–water partition coefficient (Wildman–Crippen LogP) is 3.33. The summed E-state index contributed by atoms with van der Waals surface area (Å²) < 4.78 is 39.6. The Labute approximate surface area is 159 Å². The quantitative estimate of drug-likeness (QED) is 0.761. The summed E-state index contributed by atoms with van der Waals surface area (Å²) in [6, 6.07) is 13.3. The summed E-state index contributed by atoms with van der Waals surface area (Å²) in [5, 5.41) is 2.85. The van der Waals surface area contributed by atoms with Gasteiger partial charge in [-0.3, -0.25) is 9.52 Å². The Bertz CT molecular complexity index is 922. The molecule has 0 saturated heterocycles. The van der Waals surface area contributed by atoms with Crippen LogP contribution in [0.5, 0.6) is 0 Å². The van der Waals surface area contributed by atoms with Gasteiger partial charge < -0.3 is 5.32 Å². The lowest BCUT2D eigenvalue weighted by atomic mass is 9.63. The summed E-state index contributed by atoms with van der Waals surface area (Å²) in [6.45, 7) is 1.71. The van der Waals surface area contributed by atoms with E-state index in [2.05, 4.69) is 10.0 Å². The number of rotatable bonds is 7. The van der Waals surface area contributed by atoms with Gasteiger partial charge in [-0.2, -0.15) is 0 Å². The van der Waals surface area contributed by atoms with Crippen LogP contribution in [0.25, 0.3) is 0 Å². The molecule has 27 heavy (non-hydrogen) atoms. The van der Waals surface area contributed by atoms with E-state index in [0.717, 1.165) is 24.8 Å². The summed E-state index contributed by atoms with van der Waals surface area (Å²) in [4.78, 5) is 12.8. The summed E-state index contributed by atoms with van der Waals surface area (Å²) in [6.07, 6.45) is 2.38. The van der Waals surface area contributed by atoms with Gasteiger partial charge in [-0.1, -0.05) is 36.8 Å². The molecule has 1 amide bonds. The number of carbonyl (C=O) groups is 1. The number of halogens is 1. The summed E-state index contributed by atoms with van der Waals surface area (Å²) >= 11 is 0. The first-order valence-corrected chi connectivity index (χ1v) is 10.6. The highest BCUT2D eigenvalue weighted by Crippen LogP contribution is 2.44. The second-order valence-electron chi connectivity index (χ2n) is 6.79. The third-order valence-electron chi connectivity index (χ3n) is 5.13. The van der Waals surface area contributed by atoms with Crippen LogP contribution in [0.15, 0.2) is 48.5 Å². The van der Waals surface area contributed by atoms with Crippen LogP contribution in [0.3, 0.4) is 0 Å². The van der Waals surface area contributed by atoms with Crippen LogP contribution in [0.2, 0.25) is 0 Å². The zero-order valence-corrected chi connectivity index (χ0v) is 16.0. The van der Waals surface area contributed by atoms with Crippen LogP contribution >= 0.6 is 0 Å². The molecule has 2 aromatic rings. The van der Waals surface area contributed by atoms with Crippen molar-refractivity contribution < 1.29 is 17.6 Å². The molecule has 0 aromatic heterocycles. The molecule has 0 radical (unpaired) electrons. The SMILES string of the molecule is CCS(=O)(=O)Nc1ccc(C2(C(=O)NCc3ccccc3F)CCC2)cc1. The van der Waals surface area contributed by atoms with Crippen molar-refractivity contribution in [1.82, 2.24) is 5.32 Å². The number of carbonyl (C=O) groups excluding carboxylic acids is 1. The smallest absolute Gasteiger partial charge is 0.232 e. The van der Waals surface area contributed by atoms with Crippen molar-refractivity contribution in [3.05, 3.63) is 65.5 Å². The molecule has 0 bridgehead atoms. The van der Waals surface area contributed by atoms with E-state index < -0.39 is 15.4 Å². The first-order chi connectivity index (χ1) is 12.9. The van der Waals surface area contributed by atoms with E-state index in [1.807, 2.05) is 0 Å². The topological polar surface area (TPSA) is 75.3 Å². The molecule has 0 aliphatic heterocycles. The van der Waals surface area contributed by atoms with Gasteiger partial charge in [0.1, 0.15) is 5.82 Å². The molecule has 0 unspecified atom stereocenters. The van der Waals surface area contributed by atoms with Gasteiger partial charge in [0.05, 0.1) is 11.2 Å². The maximum atomic E-state index is 13.8. The average Bonchev–Trinajstić information content (AvgIpc) is 2.61. The van der Waals surface area contributed by atoms with Crippen molar-refractivity contribution in [1.29, 1.82) is 0 Å². The van der Waals surface area contributed by atoms with Crippen LogP contribution in [0.1, 0.15) is 37.3 Å². The molecular formula is C20H23FN2O3S. The number of amides is 1. The van der Waals surface area contributed by atoms with E-state index in [1.165, 1.54) is 6.07 Å². The van der Waals surface area contributed by atoms with Gasteiger partial charge in [-0.25, -0.2) is 12.8 Å². The number of hydrogen-bond acceptors (Lipinski definition) is 3. The number of hydrogen-bond donors (Lipinski definition) is 2. The molecule has 1 aliphatic carbocycles. The zero-order valence-electron chi connectivity index (χ0n) is 15.2. The van der Waals surface area contributed by atoms with Crippen LogP contribution in [0.4, 0.5) is 10.1 Å². The van der Waals surface area contributed by atoms with Crippen molar-refractivity contribution in [3.63, 3.8) is 0 Å². The standard InChI is InChI=1S/C20H23FN2O3S/c1-2-27(25,26)23-17-10-8-16(9-11-17)20(12-5-13-20)19(24)22-14-15-6-3-4-7-18(15)21/h3-4,6-11,23H,2,5,12-14H2,1H3,(H,22,24). The van der Waals surface area contributed by atoms with Crippen molar-refractivity contribution in [2.45, 2.75) is 38.1 Å². The van der Waals surface area contributed by atoms with Gasteiger partial charge in [0.25, 0.3) is 0 Å². The van der Waals surface area contributed by atoms with E-state index >= 15 is 0 Å². The first-order valence-electron chi connectivity index (χ1n) is 8.99. The highest BCUT2D eigenvalue weighted by Gasteiger charge is 2.45. The third kappa shape index (κ3) is 4.13. The molecule has 0 spiro atoms. The minimum Gasteiger partial charge on any atom is -0.351 e. The lowest BCUT2D eigenvalue weighted by molar-refractivity contribution is -0.130. The fourth-order valence-corrected chi connectivity index (χ4v) is 3.91. The van der Waals surface area contributed by atoms with Crippen LogP contribution in [-0.2, 0) is 26.8 Å². The fraction of sp³-hybridized carbons (Fsp3) is 0.350. The second kappa shape index (κ2) is 7.68. The highest BCUT2D eigenvalue weighted by molar-refractivity contribution is 7.92. The lowest BCUT2D eigenvalue weighted by Gasteiger charge is -2.40. The Hall–Kier alpha value is -2.41. The summed E-state index contributed by atoms with van der Waals surface area (Å²) in [5.41, 5.74) is 1.14. The van der Waals surface area contributed by atoms with Gasteiger partial charge >= 0.3 is 0 Å². The highest BCUT2D eigenvalue weighted by atomic mass is 32.2. The monoisotopic (exact) mass is 390 g/mol. The molecule has 0 heterocycles. The molecule has 1 saturated carbocycles. The predicted molar refractivity (Wildman–Crippen MR) is 103 cm³/mol. The number of benzene rings is 2. The van der Waals surface area contributed by atoms with Crippen molar-refractivity contribution in [2.75, 3.05) is 10.5 Å². The van der Waals surface area contributed by atoms with Crippen molar-refractivity contribution in [2.24, 2.45) is 0 Å². The van der Waals surface area contributed by atoms with E-state index in [1.54, 1.807) is 49.4 Å². The van der Waals surface area contributed by atoms with Gasteiger partial charge in [-0.05, 0) is 43.5 Å². The minimum atomic E-state index is -3.34. The largest absolute Gasteiger partial charge is 0.351 e. The van der Waals surface area contributed by atoms with Gasteiger partial charge in [0.2, 0.25) is 15.9 Å². The maximum Gasteiger partial charge on any atom is 0.232 e. The molecule has 0 atom stereocenters. The first kappa shape index (κ1) is 19.4. The minimum absolute atomic E-state index is 0.00284. The number of sulfonamides is 1. The number of nitrogens with one attached hydrogen (secondary N) is 2. The Balaban J connectivity index is 1.73. The Morgan fingerprint density at radius 2 is 1.78 bits per heavy atom. The zero-order chi connectivity index (χ0) is 19.5. The summed E-state index contributed by atoms with van der Waals surface area (Å²) in [5.74, 6) is -0.469. The van der Waals surface area contributed by atoms with Crippen LogP contribution < -0.4 is 10.0 Å². The van der Waals surface area contributed by atoms with E-state index in [0.29, 0.717) is 11.3 Å². The maximum absolute atomic E-state index is 13.8. The Kier molecular flexibility index (Phi) is 5.51. The van der Waals surface area contributed by atoms with Crippen LogP contribution in [-0.4, -0.2) is 20.1 Å². The van der Waals surface area contributed by atoms with Gasteiger partial charge in [-0.15, -0.1) is 0 Å². The fourth-order valence-electron chi connectivity index (χ4n) is 3.27.